The van der Waals surface area contributed by atoms with Crippen LogP contribution in [0, 0.1) is 0 Å². The fraction of sp³-hybridized carbons (Fsp3) is 0.231. The van der Waals surface area contributed by atoms with Crippen LogP contribution < -0.4 is 0 Å². The van der Waals surface area contributed by atoms with Crippen molar-refractivity contribution in [3.8, 4) is 11.4 Å². The van der Waals surface area contributed by atoms with E-state index in [1.165, 1.54) is 0 Å². The van der Waals surface area contributed by atoms with Crippen LogP contribution in [0.15, 0.2) is 41.8 Å². The first-order valence-electron chi connectivity index (χ1n) is 6.04. The van der Waals surface area contributed by atoms with Gasteiger partial charge in [-0.2, -0.15) is 0 Å². The highest BCUT2D eigenvalue weighted by molar-refractivity contribution is 7.99. The normalized spacial score (nSPS) is 11.2. The van der Waals surface area contributed by atoms with E-state index in [2.05, 4.69) is 15.0 Å². The monoisotopic (exact) mass is 377 g/mol. The number of carbonyl (C=O) groups is 1. The molecule has 0 aromatic carbocycles. The van der Waals surface area contributed by atoms with Gasteiger partial charge in [-0.25, -0.2) is 9.97 Å². The third kappa shape index (κ3) is 5.96. The van der Waals surface area contributed by atoms with Gasteiger partial charge in [0.25, 0.3) is 0 Å². The largest absolute Gasteiger partial charge is 0.460 e. The highest BCUT2D eigenvalue weighted by atomic mass is 35.6. The number of pyridine rings is 1. The van der Waals surface area contributed by atoms with Crippen molar-refractivity contribution >= 4 is 52.5 Å². The fourth-order valence-electron chi connectivity index (χ4n) is 1.39. The predicted molar refractivity (Wildman–Crippen MR) is 87.2 cm³/mol. The minimum absolute atomic E-state index is 0.0203. The minimum Gasteiger partial charge on any atom is -0.460 e. The first-order chi connectivity index (χ1) is 10.4. The molecule has 2 aromatic heterocycles. The van der Waals surface area contributed by atoms with E-state index in [0.29, 0.717) is 10.9 Å². The van der Waals surface area contributed by atoms with Gasteiger partial charge in [-0.15, -0.1) is 0 Å². The Morgan fingerprint density at radius 1 is 1.14 bits per heavy atom. The maximum atomic E-state index is 11.5. The number of halogens is 3. The standard InChI is InChI=1S/C13H10Cl3N3O2S/c14-13(15,16)8-21-11(20)7-22-12-18-6-4-10(19-12)9-3-1-2-5-17-9/h1-6H,7-8H2. The van der Waals surface area contributed by atoms with Crippen LogP contribution in [0.25, 0.3) is 11.4 Å². The van der Waals surface area contributed by atoms with Crippen molar-refractivity contribution in [3.63, 3.8) is 0 Å². The Balaban J connectivity index is 1.93. The summed E-state index contributed by atoms with van der Waals surface area (Å²) in [6.07, 6.45) is 3.28. The average Bonchev–Trinajstić information content (AvgIpc) is 2.51. The summed E-state index contributed by atoms with van der Waals surface area (Å²) in [5.74, 6) is -0.491. The number of aromatic nitrogens is 3. The number of hydrogen-bond donors (Lipinski definition) is 0. The highest BCUT2D eigenvalue weighted by Gasteiger charge is 2.22. The highest BCUT2D eigenvalue weighted by Crippen LogP contribution is 2.26. The molecule has 0 unspecified atom stereocenters. The molecule has 2 heterocycles. The molecule has 0 saturated heterocycles. The smallest absolute Gasteiger partial charge is 0.316 e. The van der Waals surface area contributed by atoms with E-state index < -0.39 is 9.76 Å². The van der Waals surface area contributed by atoms with Crippen LogP contribution in [-0.4, -0.2) is 37.1 Å². The number of nitrogens with zero attached hydrogens (tertiary/aromatic N) is 3. The van der Waals surface area contributed by atoms with Gasteiger partial charge in [0, 0.05) is 12.4 Å². The van der Waals surface area contributed by atoms with E-state index in [-0.39, 0.29) is 12.4 Å². The molecule has 9 heteroatoms. The maximum Gasteiger partial charge on any atom is 0.316 e. The van der Waals surface area contributed by atoms with Gasteiger partial charge in [-0.05, 0) is 18.2 Å². The fourth-order valence-corrected chi connectivity index (χ4v) is 2.19. The van der Waals surface area contributed by atoms with Crippen LogP contribution in [0.1, 0.15) is 0 Å². The summed E-state index contributed by atoms with van der Waals surface area (Å²) in [5.41, 5.74) is 1.40. The zero-order chi connectivity index (χ0) is 16.0. The van der Waals surface area contributed by atoms with Gasteiger partial charge in [0.1, 0.15) is 6.61 Å². The number of ether oxygens (including phenoxy) is 1. The Kier molecular flexibility index (Phi) is 6.26. The van der Waals surface area contributed by atoms with Crippen LogP contribution in [0.5, 0.6) is 0 Å². The van der Waals surface area contributed by atoms with E-state index >= 15 is 0 Å². The van der Waals surface area contributed by atoms with Crippen molar-refractivity contribution < 1.29 is 9.53 Å². The average molecular weight is 379 g/mol. The van der Waals surface area contributed by atoms with E-state index in [1.54, 1.807) is 18.5 Å². The van der Waals surface area contributed by atoms with Gasteiger partial charge in [-0.3, -0.25) is 9.78 Å². The van der Waals surface area contributed by atoms with Crippen molar-refractivity contribution in [2.45, 2.75) is 8.95 Å². The summed E-state index contributed by atoms with van der Waals surface area (Å²) < 4.78 is 3.20. The summed E-state index contributed by atoms with van der Waals surface area (Å²) in [6.45, 7) is -0.300. The lowest BCUT2D eigenvalue weighted by atomic mass is 10.3. The second-order valence-electron chi connectivity index (χ2n) is 4.00. The van der Waals surface area contributed by atoms with Gasteiger partial charge in [0.2, 0.25) is 3.79 Å². The lowest BCUT2D eigenvalue weighted by molar-refractivity contribution is -0.140. The third-order valence-electron chi connectivity index (χ3n) is 2.28. The van der Waals surface area contributed by atoms with Gasteiger partial charge in [0.15, 0.2) is 5.16 Å². The van der Waals surface area contributed by atoms with Gasteiger partial charge in [0.05, 0.1) is 17.1 Å². The first-order valence-corrected chi connectivity index (χ1v) is 8.15. The molecule has 22 heavy (non-hydrogen) atoms. The molecule has 116 valence electrons. The molecule has 0 spiro atoms. The van der Waals surface area contributed by atoms with Crippen LogP contribution in [0.3, 0.4) is 0 Å². The molecule has 0 aliphatic rings. The zero-order valence-corrected chi connectivity index (χ0v) is 14.2. The minimum atomic E-state index is -1.62. The molecule has 0 bridgehead atoms. The number of rotatable bonds is 5. The van der Waals surface area contributed by atoms with Crippen molar-refractivity contribution in [2.75, 3.05) is 12.4 Å². The molecule has 0 radical (unpaired) electrons. The number of carbonyl (C=O) groups excluding carboxylic acids is 1. The molecule has 0 aliphatic carbocycles. The number of hydrogen-bond acceptors (Lipinski definition) is 6. The molecule has 0 amide bonds. The van der Waals surface area contributed by atoms with Crippen LogP contribution in [-0.2, 0) is 9.53 Å². The molecule has 0 atom stereocenters. The van der Waals surface area contributed by atoms with E-state index in [0.717, 1.165) is 17.5 Å². The first kappa shape index (κ1) is 17.3. The quantitative estimate of drug-likeness (QED) is 0.343. The maximum absolute atomic E-state index is 11.5. The van der Waals surface area contributed by atoms with Gasteiger partial charge < -0.3 is 4.74 Å². The molecule has 2 rings (SSSR count). The summed E-state index contributed by atoms with van der Waals surface area (Å²) in [4.78, 5) is 24.1. The van der Waals surface area contributed by atoms with Crippen LogP contribution in [0.4, 0.5) is 0 Å². The summed E-state index contributed by atoms with van der Waals surface area (Å²) in [7, 11) is 0. The lowest BCUT2D eigenvalue weighted by Crippen LogP contribution is -2.18. The van der Waals surface area contributed by atoms with Crippen LogP contribution in [0.2, 0.25) is 0 Å². The number of thioether (sulfide) groups is 1. The molecular formula is C13H10Cl3N3O2S. The topological polar surface area (TPSA) is 65.0 Å². The van der Waals surface area contributed by atoms with Gasteiger partial charge >= 0.3 is 5.97 Å². The second kappa shape index (κ2) is 7.97. The number of alkyl halides is 3. The van der Waals surface area contributed by atoms with Crippen molar-refractivity contribution in [2.24, 2.45) is 0 Å². The second-order valence-corrected chi connectivity index (χ2v) is 7.46. The Morgan fingerprint density at radius 2 is 1.95 bits per heavy atom. The van der Waals surface area contributed by atoms with Crippen molar-refractivity contribution in [1.82, 2.24) is 15.0 Å². The zero-order valence-electron chi connectivity index (χ0n) is 11.1. The molecule has 0 fully saturated rings. The lowest BCUT2D eigenvalue weighted by Gasteiger charge is -2.10. The molecule has 5 nitrogen and oxygen atoms in total. The number of esters is 1. The summed E-state index contributed by atoms with van der Waals surface area (Å²) in [6, 6.07) is 7.27. The third-order valence-corrected chi connectivity index (χ3v) is 3.44. The summed E-state index contributed by atoms with van der Waals surface area (Å²) >= 11 is 17.6. The van der Waals surface area contributed by atoms with Crippen LogP contribution >= 0.6 is 46.6 Å². The molecule has 0 aliphatic heterocycles. The molecular weight excluding hydrogens is 369 g/mol. The van der Waals surface area contributed by atoms with Crippen molar-refractivity contribution in [1.29, 1.82) is 0 Å². The van der Waals surface area contributed by atoms with E-state index in [1.807, 2.05) is 18.2 Å². The Hall–Kier alpha value is -1.08. The molecule has 0 saturated carbocycles. The van der Waals surface area contributed by atoms with E-state index in [9.17, 15) is 4.79 Å². The molecule has 2 aromatic rings. The van der Waals surface area contributed by atoms with E-state index in [4.69, 9.17) is 39.5 Å². The van der Waals surface area contributed by atoms with Gasteiger partial charge in [-0.1, -0.05) is 52.6 Å². The summed E-state index contributed by atoms with van der Waals surface area (Å²) in [5, 5.41) is 0.439. The molecule has 0 N–H and O–H groups in total. The Bertz CT molecular complexity index is 638. The predicted octanol–water partition coefficient (Wildman–Crippen LogP) is 3.54. The Morgan fingerprint density at radius 3 is 2.64 bits per heavy atom. The SMILES string of the molecule is O=C(CSc1nccc(-c2ccccn2)n1)OCC(Cl)(Cl)Cl. The Labute approximate surface area is 146 Å². The van der Waals surface area contributed by atoms with Crippen molar-refractivity contribution in [3.05, 3.63) is 36.7 Å².